The maximum absolute atomic E-state index is 11.0. The Bertz CT molecular complexity index is 211. The summed E-state index contributed by atoms with van der Waals surface area (Å²) in [5.41, 5.74) is 0.260. The van der Waals surface area contributed by atoms with Gasteiger partial charge in [-0.1, -0.05) is 19.0 Å². The molecule has 0 aromatic heterocycles. The minimum absolute atomic E-state index is 0.188. The van der Waals surface area contributed by atoms with Crippen LogP contribution >= 0.6 is 0 Å². The molecule has 1 aliphatic carbocycles. The SMILES string of the molecule is CO/N=C/C(=O)NC1CC1(C)C. The molecule has 0 aliphatic heterocycles. The molecule has 1 fully saturated rings. The molecule has 0 radical (unpaired) electrons. The van der Waals surface area contributed by atoms with E-state index >= 15 is 0 Å². The van der Waals surface area contributed by atoms with Crippen LogP contribution in [0.1, 0.15) is 20.3 Å². The van der Waals surface area contributed by atoms with E-state index in [1.54, 1.807) is 0 Å². The fourth-order valence-corrected chi connectivity index (χ4v) is 1.02. The molecular weight excluding hydrogens is 156 g/mol. The molecule has 1 unspecified atom stereocenters. The van der Waals surface area contributed by atoms with Crippen LogP contribution in [0.5, 0.6) is 0 Å². The number of hydrogen-bond acceptors (Lipinski definition) is 3. The van der Waals surface area contributed by atoms with Crippen LogP contribution in [-0.2, 0) is 9.63 Å². The molecule has 1 N–H and O–H groups in total. The molecule has 68 valence electrons. The Morgan fingerprint density at radius 1 is 1.75 bits per heavy atom. The molecule has 4 nitrogen and oxygen atoms in total. The quantitative estimate of drug-likeness (QED) is 0.496. The van der Waals surface area contributed by atoms with Gasteiger partial charge in [0.15, 0.2) is 0 Å². The number of carbonyl (C=O) groups is 1. The van der Waals surface area contributed by atoms with Gasteiger partial charge in [0, 0.05) is 6.04 Å². The second-order valence-corrected chi connectivity index (χ2v) is 3.67. The fourth-order valence-electron chi connectivity index (χ4n) is 1.02. The molecule has 4 heteroatoms. The highest BCUT2D eigenvalue weighted by Crippen LogP contribution is 2.44. The number of hydrogen-bond donors (Lipinski definition) is 1. The average Bonchev–Trinajstić information content (AvgIpc) is 2.54. The third kappa shape index (κ3) is 2.22. The molecule has 12 heavy (non-hydrogen) atoms. The van der Waals surface area contributed by atoms with Gasteiger partial charge in [-0.3, -0.25) is 4.79 Å². The van der Waals surface area contributed by atoms with Crippen molar-refractivity contribution in [2.45, 2.75) is 26.3 Å². The van der Waals surface area contributed by atoms with Gasteiger partial charge in [0.05, 0.1) is 0 Å². The lowest BCUT2D eigenvalue weighted by atomic mass is 10.2. The summed E-state index contributed by atoms with van der Waals surface area (Å²) in [6, 6.07) is 0.299. The lowest BCUT2D eigenvalue weighted by molar-refractivity contribution is -0.114. The van der Waals surface area contributed by atoms with E-state index < -0.39 is 0 Å². The van der Waals surface area contributed by atoms with Crippen molar-refractivity contribution >= 4 is 12.1 Å². The number of carbonyl (C=O) groups excluding carboxylic acids is 1. The fraction of sp³-hybridized carbons (Fsp3) is 0.750. The summed E-state index contributed by atoms with van der Waals surface area (Å²) in [6.07, 6.45) is 2.19. The van der Waals surface area contributed by atoms with Gasteiger partial charge in [-0.05, 0) is 11.8 Å². The van der Waals surface area contributed by atoms with Crippen LogP contribution in [0.2, 0.25) is 0 Å². The van der Waals surface area contributed by atoms with Crippen molar-refractivity contribution < 1.29 is 9.63 Å². The molecule has 0 heterocycles. The van der Waals surface area contributed by atoms with Gasteiger partial charge in [0.1, 0.15) is 13.3 Å². The monoisotopic (exact) mass is 170 g/mol. The highest BCUT2D eigenvalue weighted by atomic mass is 16.6. The van der Waals surface area contributed by atoms with Crippen molar-refractivity contribution in [3.05, 3.63) is 0 Å². The van der Waals surface area contributed by atoms with Gasteiger partial charge >= 0.3 is 0 Å². The minimum atomic E-state index is -0.188. The second-order valence-electron chi connectivity index (χ2n) is 3.67. The second kappa shape index (κ2) is 3.13. The summed E-state index contributed by atoms with van der Waals surface area (Å²) >= 11 is 0. The number of rotatable bonds is 3. The summed E-state index contributed by atoms with van der Waals surface area (Å²) in [4.78, 5) is 15.4. The Balaban J connectivity index is 2.25. The number of nitrogens with zero attached hydrogens (tertiary/aromatic N) is 1. The standard InChI is InChI=1S/C8H14N2O2/c1-8(2)4-6(8)10-7(11)5-9-12-3/h5-6H,4H2,1-3H3,(H,10,11)/b9-5+. The maximum atomic E-state index is 11.0. The average molecular weight is 170 g/mol. The first-order valence-electron chi connectivity index (χ1n) is 3.93. The van der Waals surface area contributed by atoms with Gasteiger partial charge < -0.3 is 10.2 Å². The van der Waals surface area contributed by atoms with Crippen molar-refractivity contribution in [3.8, 4) is 0 Å². The highest BCUT2D eigenvalue weighted by molar-refractivity contribution is 6.26. The lowest BCUT2D eigenvalue weighted by Crippen LogP contribution is -2.29. The van der Waals surface area contributed by atoms with Crippen molar-refractivity contribution in [2.75, 3.05) is 7.11 Å². The zero-order valence-electron chi connectivity index (χ0n) is 7.63. The molecule has 0 aromatic rings. The smallest absolute Gasteiger partial charge is 0.266 e. The first kappa shape index (κ1) is 9.03. The molecule has 0 bridgehead atoms. The van der Waals surface area contributed by atoms with E-state index in [1.165, 1.54) is 7.11 Å². The van der Waals surface area contributed by atoms with Gasteiger partial charge in [-0.25, -0.2) is 0 Å². The Labute approximate surface area is 72.0 Å². The summed E-state index contributed by atoms with van der Waals surface area (Å²) in [6.45, 7) is 4.23. The molecule has 1 amide bonds. The largest absolute Gasteiger partial charge is 0.399 e. The summed E-state index contributed by atoms with van der Waals surface area (Å²) < 4.78 is 0. The molecule has 0 saturated heterocycles. The Hall–Kier alpha value is -1.06. The van der Waals surface area contributed by atoms with E-state index in [4.69, 9.17) is 0 Å². The number of amides is 1. The van der Waals surface area contributed by atoms with Crippen LogP contribution in [0.4, 0.5) is 0 Å². The van der Waals surface area contributed by atoms with Crippen LogP contribution in [0.15, 0.2) is 5.16 Å². The zero-order chi connectivity index (χ0) is 9.19. The van der Waals surface area contributed by atoms with Crippen molar-refractivity contribution in [1.82, 2.24) is 5.32 Å². The number of nitrogens with one attached hydrogen (secondary N) is 1. The minimum Gasteiger partial charge on any atom is -0.399 e. The van der Waals surface area contributed by atoms with Gasteiger partial charge in [-0.15, -0.1) is 0 Å². The van der Waals surface area contributed by atoms with Crippen LogP contribution < -0.4 is 5.32 Å². The first-order chi connectivity index (χ1) is 5.56. The third-order valence-corrected chi connectivity index (χ3v) is 2.11. The molecule has 1 rings (SSSR count). The molecular formula is C8H14N2O2. The Morgan fingerprint density at radius 3 is 2.75 bits per heavy atom. The Kier molecular flexibility index (Phi) is 2.35. The normalized spacial score (nSPS) is 25.4. The Morgan fingerprint density at radius 2 is 2.33 bits per heavy atom. The highest BCUT2D eigenvalue weighted by Gasteiger charge is 2.46. The lowest BCUT2D eigenvalue weighted by Gasteiger charge is -2.02. The van der Waals surface area contributed by atoms with Crippen molar-refractivity contribution in [3.63, 3.8) is 0 Å². The predicted octanol–water partition coefficient (Wildman–Crippen LogP) is 0.533. The van der Waals surface area contributed by atoms with E-state index in [2.05, 4.69) is 29.2 Å². The molecule has 0 spiro atoms. The van der Waals surface area contributed by atoms with E-state index in [0.29, 0.717) is 6.04 Å². The summed E-state index contributed by atoms with van der Waals surface area (Å²) in [7, 11) is 1.41. The molecule has 1 saturated carbocycles. The zero-order valence-corrected chi connectivity index (χ0v) is 7.63. The van der Waals surface area contributed by atoms with E-state index in [0.717, 1.165) is 12.6 Å². The van der Waals surface area contributed by atoms with Gasteiger partial charge in [-0.2, -0.15) is 0 Å². The van der Waals surface area contributed by atoms with E-state index in [9.17, 15) is 4.79 Å². The van der Waals surface area contributed by atoms with Crippen LogP contribution in [-0.4, -0.2) is 25.3 Å². The third-order valence-electron chi connectivity index (χ3n) is 2.11. The van der Waals surface area contributed by atoms with Gasteiger partial charge in [0.2, 0.25) is 0 Å². The maximum Gasteiger partial charge on any atom is 0.266 e. The van der Waals surface area contributed by atoms with Crippen LogP contribution in [0.3, 0.4) is 0 Å². The molecule has 1 aliphatic rings. The first-order valence-corrected chi connectivity index (χ1v) is 3.93. The van der Waals surface area contributed by atoms with Crippen LogP contribution in [0, 0.1) is 5.41 Å². The van der Waals surface area contributed by atoms with Crippen LogP contribution in [0.25, 0.3) is 0 Å². The molecule has 1 atom stereocenters. The van der Waals surface area contributed by atoms with Crippen molar-refractivity contribution in [2.24, 2.45) is 10.6 Å². The summed E-state index contributed by atoms with van der Waals surface area (Å²) in [5, 5.41) is 6.17. The predicted molar refractivity (Wildman–Crippen MR) is 45.8 cm³/mol. The van der Waals surface area contributed by atoms with Crippen molar-refractivity contribution in [1.29, 1.82) is 0 Å². The van der Waals surface area contributed by atoms with Gasteiger partial charge in [0.25, 0.3) is 5.91 Å². The molecule has 0 aromatic carbocycles. The topological polar surface area (TPSA) is 50.7 Å². The van der Waals surface area contributed by atoms with E-state index in [1.807, 2.05) is 0 Å². The van der Waals surface area contributed by atoms with E-state index in [-0.39, 0.29) is 11.3 Å². The summed E-state index contributed by atoms with van der Waals surface area (Å²) in [5.74, 6) is -0.188. The number of oxime groups is 1.